The number of amides is 1. The zero-order valence-corrected chi connectivity index (χ0v) is 26.7. The Morgan fingerprint density at radius 2 is 1.45 bits per heavy atom. The van der Waals surface area contributed by atoms with E-state index in [1.165, 1.54) is 12.1 Å². The standard InChI is InChI=1S/C34H36N4O8S/c1-22-29(17-10-25(32(22)38-47(2,43)44)18-23-6-4-3-5-7-23)37-20-24-8-11-27(12-9-24)46-28-15-13-26(14-16-28)45-21-30(39)34(36,33(41)42)19-31(35)40/h3-17,37-38H,18-21,36H2,1-2H3,(H2,35,40)(H,41,42)/t34-/m1/s1. The summed E-state index contributed by atoms with van der Waals surface area (Å²) in [5.74, 6) is -2.38. The second-order valence-electron chi connectivity index (χ2n) is 11.0. The van der Waals surface area contributed by atoms with Crippen molar-refractivity contribution in [2.24, 2.45) is 11.5 Å². The first-order valence-corrected chi connectivity index (χ1v) is 16.3. The van der Waals surface area contributed by atoms with Crippen LogP contribution in [0, 0.1) is 6.92 Å². The molecule has 4 aromatic carbocycles. The van der Waals surface area contributed by atoms with Crippen molar-refractivity contribution in [1.82, 2.24) is 0 Å². The summed E-state index contributed by atoms with van der Waals surface area (Å²) in [6.45, 7) is 1.69. The van der Waals surface area contributed by atoms with E-state index in [1.54, 1.807) is 24.3 Å². The Morgan fingerprint density at radius 1 is 0.851 bits per heavy atom. The number of Topliss-reactive ketones (excluding diaryl/α,β-unsaturated/α-hetero) is 1. The first-order valence-electron chi connectivity index (χ1n) is 14.4. The van der Waals surface area contributed by atoms with Gasteiger partial charge in [0, 0.05) is 12.2 Å². The number of carboxylic acid groups (broad SMARTS) is 1. The SMILES string of the molecule is Cc1c(NCc2ccc(Oc3ccc(OCC(=O)[C@](N)(CC(N)=O)C(=O)O)cc3)cc2)ccc(Cc2ccccc2)c1NS(C)(=O)=O. The summed E-state index contributed by atoms with van der Waals surface area (Å²) >= 11 is 0. The minimum Gasteiger partial charge on any atom is -0.486 e. The molecule has 0 aliphatic carbocycles. The molecule has 0 spiro atoms. The van der Waals surface area contributed by atoms with Gasteiger partial charge < -0.3 is 31.4 Å². The van der Waals surface area contributed by atoms with Crippen LogP contribution >= 0.6 is 0 Å². The molecule has 0 aliphatic rings. The number of nitrogens with two attached hydrogens (primary N) is 2. The molecule has 0 saturated heterocycles. The zero-order valence-electron chi connectivity index (χ0n) is 25.9. The summed E-state index contributed by atoms with van der Waals surface area (Å²) in [4.78, 5) is 34.9. The van der Waals surface area contributed by atoms with Crippen LogP contribution in [0.3, 0.4) is 0 Å². The zero-order chi connectivity index (χ0) is 34.2. The third-order valence-electron chi connectivity index (χ3n) is 7.24. The lowest BCUT2D eigenvalue weighted by atomic mass is 9.91. The fourth-order valence-electron chi connectivity index (χ4n) is 4.71. The molecular formula is C34H36N4O8S. The highest BCUT2D eigenvalue weighted by Gasteiger charge is 2.43. The summed E-state index contributed by atoms with van der Waals surface area (Å²) in [5, 5.41) is 12.7. The highest BCUT2D eigenvalue weighted by molar-refractivity contribution is 7.92. The molecule has 0 radical (unpaired) electrons. The number of aliphatic carboxylic acids is 1. The number of hydrogen-bond donors (Lipinski definition) is 5. The van der Waals surface area contributed by atoms with Gasteiger partial charge in [-0.2, -0.15) is 0 Å². The second kappa shape index (κ2) is 14.8. The summed E-state index contributed by atoms with van der Waals surface area (Å²) in [7, 11) is -3.50. The summed E-state index contributed by atoms with van der Waals surface area (Å²) in [6, 6.07) is 27.4. The molecule has 13 heteroatoms. The highest BCUT2D eigenvalue weighted by atomic mass is 32.2. The maximum Gasteiger partial charge on any atom is 0.332 e. The maximum atomic E-state index is 12.3. The molecule has 0 aromatic heterocycles. The number of anilines is 2. The molecule has 0 bridgehead atoms. The van der Waals surface area contributed by atoms with Crippen molar-refractivity contribution in [2.45, 2.75) is 31.8 Å². The Bertz CT molecular complexity index is 1850. The van der Waals surface area contributed by atoms with Gasteiger partial charge in [0.05, 0.1) is 18.4 Å². The van der Waals surface area contributed by atoms with Crippen LogP contribution in [-0.2, 0) is 37.4 Å². The molecule has 246 valence electrons. The van der Waals surface area contributed by atoms with Crippen LogP contribution in [0.5, 0.6) is 17.2 Å². The lowest BCUT2D eigenvalue weighted by molar-refractivity contribution is -0.151. The fourth-order valence-corrected chi connectivity index (χ4v) is 5.36. The van der Waals surface area contributed by atoms with Crippen molar-refractivity contribution in [3.05, 3.63) is 113 Å². The molecule has 47 heavy (non-hydrogen) atoms. The van der Waals surface area contributed by atoms with E-state index < -0.39 is 46.2 Å². The molecule has 7 N–H and O–H groups in total. The van der Waals surface area contributed by atoms with Crippen molar-refractivity contribution in [3.8, 4) is 17.2 Å². The minimum absolute atomic E-state index is 0.261. The number of rotatable bonds is 16. The molecule has 0 unspecified atom stereocenters. The quantitative estimate of drug-likeness (QED) is 0.110. The molecule has 0 fully saturated rings. The van der Waals surface area contributed by atoms with Gasteiger partial charge in [-0.05, 0) is 78.1 Å². The van der Waals surface area contributed by atoms with Crippen molar-refractivity contribution < 1.29 is 37.4 Å². The van der Waals surface area contributed by atoms with Gasteiger partial charge in [0.2, 0.25) is 21.7 Å². The highest BCUT2D eigenvalue weighted by Crippen LogP contribution is 2.31. The lowest BCUT2D eigenvalue weighted by Crippen LogP contribution is -2.58. The number of hydrogen-bond acceptors (Lipinski definition) is 9. The molecule has 4 rings (SSSR count). The molecule has 12 nitrogen and oxygen atoms in total. The predicted molar refractivity (Wildman–Crippen MR) is 178 cm³/mol. The van der Waals surface area contributed by atoms with E-state index in [2.05, 4.69) is 10.0 Å². The van der Waals surface area contributed by atoms with Crippen LogP contribution < -0.4 is 31.0 Å². The summed E-state index contributed by atoms with van der Waals surface area (Å²) < 4.78 is 38.3. The van der Waals surface area contributed by atoms with Crippen molar-refractivity contribution in [2.75, 3.05) is 22.9 Å². The average Bonchev–Trinajstić information content (AvgIpc) is 3.02. The van der Waals surface area contributed by atoms with Crippen LogP contribution in [-0.4, -0.2) is 49.6 Å². The Kier molecular flexibility index (Phi) is 10.9. The van der Waals surface area contributed by atoms with Gasteiger partial charge in [-0.3, -0.25) is 14.3 Å². The number of carboxylic acids is 1. The smallest absolute Gasteiger partial charge is 0.332 e. The van der Waals surface area contributed by atoms with E-state index in [4.69, 9.17) is 20.9 Å². The molecule has 1 amide bonds. The van der Waals surface area contributed by atoms with Gasteiger partial charge >= 0.3 is 5.97 Å². The summed E-state index contributed by atoms with van der Waals surface area (Å²) in [6.07, 6.45) is 0.867. The van der Waals surface area contributed by atoms with Crippen LogP contribution in [0.15, 0.2) is 91.0 Å². The Hall–Kier alpha value is -5.40. The molecular weight excluding hydrogens is 624 g/mol. The Morgan fingerprint density at radius 3 is 2.02 bits per heavy atom. The number of sulfonamides is 1. The number of ketones is 1. The largest absolute Gasteiger partial charge is 0.486 e. The monoisotopic (exact) mass is 660 g/mol. The second-order valence-corrected chi connectivity index (χ2v) is 12.8. The molecule has 1 atom stereocenters. The fraction of sp³-hybridized carbons (Fsp3) is 0.206. The Labute approximate surface area is 272 Å². The third kappa shape index (κ3) is 9.55. The van der Waals surface area contributed by atoms with E-state index in [0.29, 0.717) is 30.2 Å². The molecule has 0 aliphatic heterocycles. The number of carbonyl (C=O) groups is 3. The first-order chi connectivity index (χ1) is 22.2. The van der Waals surface area contributed by atoms with E-state index in [0.717, 1.165) is 34.2 Å². The Balaban J connectivity index is 1.35. The van der Waals surface area contributed by atoms with Crippen LogP contribution in [0.25, 0.3) is 0 Å². The summed E-state index contributed by atoms with van der Waals surface area (Å²) in [5.41, 5.74) is 13.2. The normalized spacial score (nSPS) is 12.4. The average molecular weight is 661 g/mol. The molecule has 0 saturated carbocycles. The van der Waals surface area contributed by atoms with Gasteiger partial charge in [0.1, 0.15) is 23.9 Å². The van der Waals surface area contributed by atoms with Gasteiger partial charge in [-0.25, -0.2) is 13.2 Å². The van der Waals surface area contributed by atoms with E-state index in [-0.39, 0.29) is 5.75 Å². The van der Waals surface area contributed by atoms with E-state index in [1.807, 2.05) is 61.5 Å². The number of carbonyl (C=O) groups excluding carboxylic acids is 2. The van der Waals surface area contributed by atoms with E-state index >= 15 is 0 Å². The lowest BCUT2D eigenvalue weighted by Gasteiger charge is -2.21. The van der Waals surface area contributed by atoms with Gasteiger partial charge in [0.25, 0.3) is 0 Å². The van der Waals surface area contributed by atoms with Crippen LogP contribution in [0.4, 0.5) is 11.4 Å². The van der Waals surface area contributed by atoms with Crippen LogP contribution in [0.1, 0.15) is 28.7 Å². The number of primary amides is 1. The molecule has 0 heterocycles. The van der Waals surface area contributed by atoms with Gasteiger partial charge in [-0.15, -0.1) is 0 Å². The predicted octanol–water partition coefficient (Wildman–Crippen LogP) is 3.97. The topological polar surface area (TPSA) is 200 Å². The molecule has 4 aromatic rings. The first kappa shape index (κ1) is 34.5. The van der Waals surface area contributed by atoms with E-state index in [9.17, 15) is 27.9 Å². The van der Waals surface area contributed by atoms with Crippen molar-refractivity contribution >= 4 is 39.1 Å². The van der Waals surface area contributed by atoms with Crippen molar-refractivity contribution in [1.29, 1.82) is 0 Å². The van der Waals surface area contributed by atoms with Crippen molar-refractivity contribution in [3.63, 3.8) is 0 Å². The third-order valence-corrected chi connectivity index (χ3v) is 7.82. The minimum atomic E-state index is -3.50. The van der Waals surface area contributed by atoms with Crippen LogP contribution in [0.2, 0.25) is 0 Å². The van der Waals surface area contributed by atoms with Gasteiger partial charge in [0.15, 0.2) is 5.54 Å². The number of ether oxygens (including phenoxy) is 2. The number of nitrogens with one attached hydrogen (secondary N) is 2. The van der Waals surface area contributed by atoms with Gasteiger partial charge in [-0.1, -0.05) is 48.5 Å². The maximum absolute atomic E-state index is 12.3. The number of benzene rings is 4.